The van der Waals surface area contributed by atoms with Crippen molar-refractivity contribution in [1.29, 1.82) is 0 Å². The topological polar surface area (TPSA) is 78.7 Å². The largest absolute Gasteiger partial charge is 0.355 e. The highest BCUT2D eigenvalue weighted by Crippen LogP contribution is 2.38. The van der Waals surface area contributed by atoms with Gasteiger partial charge in [0.05, 0.1) is 11.5 Å². The maximum Gasteiger partial charge on any atom is 0.273 e. The van der Waals surface area contributed by atoms with Crippen LogP contribution in [-0.4, -0.2) is 66.0 Å². The minimum atomic E-state index is -0.803. The number of aromatic nitrogens is 1. The number of hydrogen-bond donors (Lipinski definition) is 1. The summed E-state index contributed by atoms with van der Waals surface area (Å²) in [7, 11) is 3.45. The van der Waals surface area contributed by atoms with Crippen molar-refractivity contribution in [2.24, 2.45) is 11.3 Å². The molecule has 2 aliphatic rings. The van der Waals surface area contributed by atoms with E-state index < -0.39 is 17.5 Å². The highest BCUT2D eigenvalue weighted by atomic mass is 19.1. The van der Waals surface area contributed by atoms with Gasteiger partial charge in [0, 0.05) is 51.4 Å². The van der Waals surface area contributed by atoms with Gasteiger partial charge in [-0.2, -0.15) is 0 Å². The number of nitrogens with one attached hydrogen (secondary N) is 1. The second-order valence-corrected chi connectivity index (χ2v) is 10.8. The van der Waals surface area contributed by atoms with Crippen molar-refractivity contribution >= 4 is 11.8 Å². The molecule has 1 saturated heterocycles. The molecular weight excluding hydrogens is 454 g/mol. The van der Waals surface area contributed by atoms with Gasteiger partial charge < -0.3 is 14.7 Å². The summed E-state index contributed by atoms with van der Waals surface area (Å²) in [6.07, 6.45) is 5.28. The van der Waals surface area contributed by atoms with Crippen molar-refractivity contribution in [2.45, 2.75) is 58.0 Å². The molecule has 1 aromatic carbocycles. The van der Waals surface area contributed by atoms with Gasteiger partial charge in [0.2, 0.25) is 5.91 Å². The quantitative estimate of drug-likeness (QED) is 0.686. The predicted molar refractivity (Wildman–Crippen MR) is 128 cm³/mol. The minimum absolute atomic E-state index is 0.0160. The lowest BCUT2D eigenvalue weighted by Crippen LogP contribution is -2.58. The zero-order valence-corrected chi connectivity index (χ0v) is 20.8. The van der Waals surface area contributed by atoms with E-state index in [2.05, 4.69) is 29.2 Å². The van der Waals surface area contributed by atoms with Crippen molar-refractivity contribution in [1.82, 2.24) is 20.3 Å². The summed E-state index contributed by atoms with van der Waals surface area (Å²) in [5.41, 5.74) is 0.294. The average Bonchev–Trinajstić information content (AvgIpc) is 3.28. The molecule has 7 nitrogen and oxygen atoms in total. The predicted octanol–water partition coefficient (Wildman–Crippen LogP) is 4.10. The summed E-state index contributed by atoms with van der Waals surface area (Å²) < 4.78 is 32.5. The zero-order chi connectivity index (χ0) is 25.3. The Balaban J connectivity index is 1.47. The smallest absolute Gasteiger partial charge is 0.273 e. The number of amides is 2. The first-order chi connectivity index (χ1) is 16.5. The van der Waals surface area contributed by atoms with Crippen LogP contribution in [0.5, 0.6) is 0 Å². The van der Waals surface area contributed by atoms with Crippen LogP contribution in [0.2, 0.25) is 0 Å². The number of halogens is 2. The Labute approximate surface area is 204 Å². The molecule has 2 fully saturated rings. The van der Waals surface area contributed by atoms with Crippen molar-refractivity contribution in [3.63, 3.8) is 0 Å². The van der Waals surface area contributed by atoms with Gasteiger partial charge in [0.15, 0.2) is 11.5 Å². The SMILES string of the molecule is CN(C)C(=O)[C@@H]1CN(C2CCCC(C)(C)C2)CC[C@H]1NC(=O)c1cc(-c2ccc(F)cc2F)on1. The molecule has 9 heteroatoms. The lowest BCUT2D eigenvalue weighted by atomic mass is 9.74. The molecule has 35 heavy (non-hydrogen) atoms. The van der Waals surface area contributed by atoms with Crippen molar-refractivity contribution in [3.8, 4) is 11.3 Å². The van der Waals surface area contributed by atoms with Gasteiger partial charge >= 0.3 is 0 Å². The summed E-state index contributed by atoms with van der Waals surface area (Å²) >= 11 is 0. The van der Waals surface area contributed by atoms with Crippen LogP contribution in [0.4, 0.5) is 8.78 Å². The highest BCUT2D eigenvalue weighted by Gasteiger charge is 2.40. The molecule has 1 aliphatic heterocycles. The van der Waals surface area contributed by atoms with Gasteiger partial charge in [0.25, 0.3) is 5.91 Å². The van der Waals surface area contributed by atoms with Crippen LogP contribution in [0.1, 0.15) is 56.4 Å². The van der Waals surface area contributed by atoms with E-state index in [9.17, 15) is 18.4 Å². The summed E-state index contributed by atoms with van der Waals surface area (Å²) in [4.78, 5) is 30.0. The fourth-order valence-electron chi connectivity index (χ4n) is 5.47. The van der Waals surface area contributed by atoms with Crippen molar-refractivity contribution in [3.05, 3.63) is 41.6 Å². The number of carbonyl (C=O) groups is 2. The first-order valence-corrected chi connectivity index (χ1v) is 12.2. The average molecular weight is 489 g/mol. The monoisotopic (exact) mass is 488 g/mol. The van der Waals surface area contributed by atoms with Crippen LogP contribution >= 0.6 is 0 Å². The van der Waals surface area contributed by atoms with Gasteiger partial charge in [-0.05, 0) is 43.2 Å². The molecule has 0 bridgehead atoms. The fourth-order valence-corrected chi connectivity index (χ4v) is 5.47. The van der Waals surface area contributed by atoms with E-state index in [1.54, 1.807) is 19.0 Å². The molecule has 2 amide bonds. The van der Waals surface area contributed by atoms with E-state index in [1.165, 1.54) is 25.0 Å². The van der Waals surface area contributed by atoms with E-state index in [4.69, 9.17) is 4.52 Å². The molecule has 190 valence electrons. The van der Waals surface area contributed by atoms with Crippen LogP contribution in [0, 0.1) is 23.0 Å². The van der Waals surface area contributed by atoms with Gasteiger partial charge in [-0.1, -0.05) is 25.4 Å². The van der Waals surface area contributed by atoms with Crippen LogP contribution in [0.15, 0.2) is 28.8 Å². The second kappa shape index (κ2) is 10.0. The molecule has 0 radical (unpaired) electrons. The lowest BCUT2D eigenvalue weighted by molar-refractivity contribution is -0.136. The first kappa shape index (κ1) is 25.3. The molecule has 1 N–H and O–H groups in total. The number of piperidine rings is 1. The fraction of sp³-hybridized carbons (Fsp3) is 0.577. The van der Waals surface area contributed by atoms with Gasteiger partial charge in [0.1, 0.15) is 11.6 Å². The third kappa shape index (κ3) is 5.72. The van der Waals surface area contributed by atoms with Gasteiger partial charge in [-0.25, -0.2) is 8.78 Å². The molecule has 1 aliphatic carbocycles. The Morgan fingerprint density at radius 1 is 1.20 bits per heavy atom. The maximum absolute atomic E-state index is 14.1. The van der Waals surface area contributed by atoms with E-state index >= 15 is 0 Å². The van der Waals surface area contributed by atoms with Gasteiger partial charge in [-0.15, -0.1) is 0 Å². The summed E-state index contributed by atoms with van der Waals surface area (Å²) in [5.74, 6) is -2.37. The molecule has 1 saturated carbocycles. The Bertz CT molecular complexity index is 1080. The third-order valence-corrected chi connectivity index (χ3v) is 7.35. The Hall–Kier alpha value is -2.81. The zero-order valence-electron chi connectivity index (χ0n) is 20.8. The number of likely N-dealkylation sites (tertiary alicyclic amines) is 1. The standard InChI is InChI=1S/C26H34F2N4O3/c1-26(2)10-5-6-17(14-26)32-11-9-21(19(15-32)25(34)31(3)4)29-24(33)22-13-23(35-30-22)18-8-7-16(27)12-20(18)28/h7-8,12-13,17,19,21H,5-6,9-11,14-15H2,1-4H3,(H,29,33)/t17?,19-,21-/m1/s1. The molecular formula is C26H34F2N4O3. The Morgan fingerprint density at radius 3 is 2.66 bits per heavy atom. The van der Waals surface area contributed by atoms with Crippen LogP contribution in [0.25, 0.3) is 11.3 Å². The second-order valence-electron chi connectivity index (χ2n) is 10.8. The highest BCUT2D eigenvalue weighted by molar-refractivity contribution is 5.94. The molecule has 3 atom stereocenters. The molecule has 0 spiro atoms. The Kier molecular flexibility index (Phi) is 7.26. The number of carbonyl (C=O) groups excluding carboxylic acids is 2. The van der Waals surface area contributed by atoms with Crippen LogP contribution in [0.3, 0.4) is 0 Å². The molecule has 2 heterocycles. The van der Waals surface area contributed by atoms with Crippen LogP contribution in [-0.2, 0) is 4.79 Å². The van der Waals surface area contributed by atoms with E-state index in [-0.39, 0.29) is 34.9 Å². The third-order valence-electron chi connectivity index (χ3n) is 7.35. The molecule has 4 rings (SSSR count). The van der Waals surface area contributed by atoms with E-state index in [0.717, 1.165) is 31.5 Å². The first-order valence-electron chi connectivity index (χ1n) is 12.2. The van der Waals surface area contributed by atoms with Crippen molar-refractivity contribution < 1.29 is 22.9 Å². The van der Waals surface area contributed by atoms with Gasteiger partial charge in [-0.3, -0.25) is 14.5 Å². The lowest BCUT2D eigenvalue weighted by Gasteiger charge is -2.46. The minimum Gasteiger partial charge on any atom is -0.355 e. The molecule has 2 aromatic rings. The van der Waals surface area contributed by atoms with Crippen molar-refractivity contribution in [2.75, 3.05) is 27.2 Å². The number of nitrogens with zero attached hydrogens (tertiary/aromatic N) is 3. The summed E-state index contributed by atoms with van der Waals surface area (Å²) in [6.45, 7) is 6.00. The summed E-state index contributed by atoms with van der Waals surface area (Å²) in [6, 6.07) is 4.51. The molecule has 1 aromatic heterocycles. The van der Waals surface area contributed by atoms with E-state index in [0.29, 0.717) is 24.4 Å². The number of rotatable bonds is 5. The number of benzene rings is 1. The normalized spacial score (nSPS) is 24.7. The summed E-state index contributed by atoms with van der Waals surface area (Å²) in [5, 5.41) is 6.74. The van der Waals surface area contributed by atoms with Crippen LogP contribution < -0.4 is 5.32 Å². The van der Waals surface area contributed by atoms with E-state index in [1.807, 2.05) is 0 Å². The Morgan fingerprint density at radius 2 is 1.97 bits per heavy atom. The number of hydrogen-bond acceptors (Lipinski definition) is 5. The molecule has 1 unspecified atom stereocenters. The maximum atomic E-state index is 14.1.